The maximum absolute atomic E-state index is 10.6. The Morgan fingerprint density at radius 3 is 1.59 bits per heavy atom. The second kappa shape index (κ2) is 13.8. The van der Waals surface area contributed by atoms with Gasteiger partial charge in [0.25, 0.3) is 10.1 Å². The Morgan fingerprint density at radius 2 is 1.38 bits per heavy atom. The molecule has 0 aliphatic carbocycles. The Bertz CT molecular complexity index is 823. The molecule has 160 valence electrons. The van der Waals surface area contributed by atoms with Crippen LogP contribution in [0.2, 0.25) is 0 Å². The minimum atomic E-state index is -3.67. The SMILES string of the molecule is C=CC(=O)NC(=O)C=C.CCCS(=O)(=O)O.Cc1c(C(=O)O)cccc1C(=O)O. The van der Waals surface area contributed by atoms with Gasteiger partial charge in [-0.2, -0.15) is 8.42 Å². The lowest BCUT2D eigenvalue weighted by atomic mass is 10.0. The van der Waals surface area contributed by atoms with Gasteiger partial charge in [0.05, 0.1) is 16.9 Å². The number of nitrogens with one attached hydrogen (secondary N) is 1. The van der Waals surface area contributed by atoms with Gasteiger partial charge in [-0.05, 0) is 43.2 Å². The van der Waals surface area contributed by atoms with Crippen LogP contribution in [0, 0.1) is 6.92 Å². The topological polar surface area (TPSA) is 175 Å². The van der Waals surface area contributed by atoms with Crippen molar-refractivity contribution in [3.8, 4) is 0 Å². The molecule has 2 amide bonds. The van der Waals surface area contributed by atoms with Crippen LogP contribution in [0.25, 0.3) is 0 Å². The molecule has 0 aliphatic rings. The minimum Gasteiger partial charge on any atom is -0.478 e. The van der Waals surface area contributed by atoms with Gasteiger partial charge in [0.15, 0.2) is 0 Å². The molecular weight excluding hydrogens is 406 g/mol. The van der Waals surface area contributed by atoms with E-state index < -0.39 is 33.9 Å². The molecule has 1 aromatic carbocycles. The van der Waals surface area contributed by atoms with Crippen molar-refractivity contribution in [2.45, 2.75) is 20.3 Å². The first-order valence-corrected chi connectivity index (χ1v) is 9.52. The highest BCUT2D eigenvalue weighted by molar-refractivity contribution is 7.85. The molecule has 0 heterocycles. The number of imide groups is 1. The molecule has 0 spiro atoms. The third-order valence-corrected chi connectivity index (χ3v) is 3.80. The Labute approximate surface area is 168 Å². The lowest BCUT2D eigenvalue weighted by Gasteiger charge is -2.03. The summed E-state index contributed by atoms with van der Waals surface area (Å²) in [5, 5.41) is 19.3. The molecule has 0 fully saturated rings. The van der Waals surface area contributed by atoms with E-state index in [-0.39, 0.29) is 22.4 Å². The second-order valence-electron chi connectivity index (χ2n) is 5.14. The highest BCUT2D eigenvalue weighted by Crippen LogP contribution is 2.13. The van der Waals surface area contributed by atoms with Crippen molar-refractivity contribution in [2.75, 3.05) is 5.75 Å². The zero-order chi connectivity index (χ0) is 23.2. The number of hydrogen-bond acceptors (Lipinski definition) is 6. The fourth-order valence-electron chi connectivity index (χ4n) is 1.58. The first-order chi connectivity index (χ1) is 13.3. The number of aromatic carboxylic acids is 2. The molecule has 10 nitrogen and oxygen atoms in total. The summed E-state index contributed by atoms with van der Waals surface area (Å²) in [7, 11) is -3.67. The van der Waals surface area contributed by atoms with Crippen LogP contribution < -0.4 is 5.32 Å². The van der Waals surface area contributed by atoms with E-state index in [9.17, 15) is 27.6 Å². The van der Waals surface area contributed by atoms with Crippen LogP contribution in [0.15, 0.2) is 43.5 Å². The standard InChI is InChI=1S/C9H8O4.C6H7NO2.C3H8O3S/c1-5-6(8(10)11)3-2-4-7(5)9(12)13;1-3-5(8)7-6(9)4-2;1-2-3-7(4,5)6/h2-4H,1H3,(H,10,11)(H,12,13);3-4H,1-2H2,(H,7,8,9);2-3H2,1H3,(H,4,5,6). The average Bonchev–Trinajstić information content (AvgIpc) is 2.61. The van der Waals surface area contributed by atoms with Gasteiger partial charge in [-0.3, -0.25) is 19.5 Å². The van der Waals surface area contributed by atoms with Crippen molar-refractivity contribution in [3.63, 3.8) is 0 Å². The van der Waals surface area contributed by atoms with Crippen molar-refractivity contribution in [2.24, 2.45) is 0 Å². The molecule has 0 saturated carbocycles. The van der Waals surface area contributed by atoms with E-state index in [4.69, 9.17) is 14.8 Å². The third-order valence-electron chi connectivity index (χ3n) is 2.87. The van der Waals surface area contributed by atoms with Gasteiger partial charge in [-0.25, -0.2) is 9.59 Å². The summed E-state index contributed by atoms with van der Waals surface area (Å²) < 4.78 is 27.6. The van der Waals surface area contributed by atoms with Gasteiger partial charge < -0.3 is 10.2 Å². The zero-order valence-corrected chi connectivity index (χ0v) is 16.7. The monoisotopic (exact) mass is 429 g/mol. The lowest BCUT2D eigenvalue weighted by molar-refractivity contribution is -0.125. The number of amides is 2. The average molecular weight is 429 g/mol. The van der Waals surface area contributed by atoms with E-state index in [0.717, 1.165) is 12.2 Å². The predicted molar refractivity (Wildman–Crippen MR) is 105 cm³/mol. The van der Waals surface area contributed by atoms with Crippen molar-refractivity contribution in [3.05, 3.63) is 60.2 Å². The minimum absolute atomic E-state index is 0.0277. The van der Waals surface area contributed by atoms with Gasteiger partial charge in [-0.1, -0.05) is 26.1 Å². The molecule has 0 atom stereocenters. The second-order valence-corrected chi connectivity index (χ2v) is 6.71. The maximum atomic E-state index is 10.6. The van der Waals surface area contributed by atoms with Crippen LogP contribution >= 0.6 is 0 Å². The van der Waals surface area contributed by atoms with E-state index in [1.165, 1.54) is 25.1 Å². The van der Waals surface area contributed by atoms with Gasteiger partial charge in [0, 0.05) is 0 Å². The summed E-state index contributed by atoms with van der Waals surface area (Å²) in [6.07, 6.45) is 2.50. The predicted octanol–water partition coefficient (Wildman–Crippen LogP) is 1.68. The van der Waals surface area contributed by atoms with Gasteiger partial charge in [0.1, 0.15) is 0 Å². The third kappa shape index (κ3) is 13.5. The van der Waals surface area contributed by atoms with Crippen LogP contribution in [0.1, 0.15) is 39.6 Å². The van der Waals surface area contributed by atoms with Crippen LogP contribution in [0.4, 0.5) is 0 Å². The quantitative estimate of drug-likeness (QED) is 0.387. The normalized spacial score (nSPS) is 9.48. The summed E-state index contributed by atoms with van der Waals surface area (Å²) in [6.45, 7) is 9.47. The molecule has 0 radical (unpaired) electrons. The fourth-order valence-corrected chi connectivity index (χ4v) is 2.10. The molecule has 0 aliphatic heterocycles. The summed E-state index contributed by atoms with van der Waals surface area (Å²) in [5.74, 6) is -3.38. The van der Waals surface area contributed by atoms with Crippen LogP contribution in [0.3, 0.4) is 0 Å². The van der Waals surface area contributed by atoms with Crippen LogP contribution in [-0.2, 0) is 19.7 Å². The van der Waals surface area contributed by atoms with E-state index in [1.807, 2.05) is 5.32 Å². The summed E-state index contributed by atoms with van der Waals surface area (Å²) in [4.78, 5) is 41.8. The molecule has 4 N–H and O–H groups in total. The molecule has 29 heavy (non-hydrogen) atoms. The molecule has 1 rings (SSSR count). The molecular formula is C18H23NO9S. The molecule has 11 heteroatoms. The molecule has 0 bridgehead atoms. The van der Waals surface area contributed by atoms with E-state index in [0.29, 0.717) is 6.42 Å². The summed E-state index contributed by atoms with van der Waals surface area (Å²) in [5.41, 5.74) is 0.335. The van der Waals surface area contributed by atoms with E-state index in [2.05, 4.69) is 13.2 Å². The number of carboxylic acid groups (broad SMARTS) is 2. The van der Waals surface area contributed by atoms with Gasteiger partial charge >= 0.3 is 11.9 Å². The molecule has 0 unspecified atom stereocenters. The van der Waals surface area contributed by atoms with E-state index >= 15 is 0 Å². The number of carboxylic acids is 2. The summed E-state index contributed by atoms with van der Waals surface area (Å²) in [6, 6.07) is 4.17. The largest absolute Gasteiger partial charge is 0.478 e. The Morgan fingerprint density at radius 1 is 1.00 bits per heavy atom. The van der Waals surface area contributed by atoms with Crippen molar-refractivity contribution < 1.29 is 42.4 Å². The maximum Gasteiger partial charge on any atom is 0.335 e. The van der Waals surface area contributed by atoms with Crippen molar-refractivity contribution in [1.82, 2.24) is 5.32 Å². The molecule has 0 saturated heterocycles. The Balaban J connectivity index is 0. The number of hydrogen-bond donors (Lipinski definition) is 4. The molecule has 0 aromatic heterocycles. The first kappa shape index (κ1) is 27.9. The Kier molecular flexibility index (Phi) is 13.3. The smallest absolute Gasteiger partial charge is 0.335 e. The van der Waals surface area contributed by atoms with E-state index in [1.54, 1.807) is 6.92 Å². The first-order valence-electron chi connectivity index (χ1n) is 7.91. The highest BCUT2D eigenvalue weighted by atomic mass is 32.2. The number of benzene rings is 1. The number of carbonyl (C=O) groups is 4. The highest BCUT2D eigenvalue weighted by Gasteiger charge is 2.13. The fraction of sp³-hybridized carbons (Fsp3) is 0.222. The molecule has 1 aromatic rings. The van der Waals surface area contributed by atoms with Crippen molar-refractivity contribution in [1.29, 1.82) is 0 Å². The van der Waals surface area contributed by atoms with Gasteiger partial charge in [0.2, 0.25) is 11.8 Å². The van der Waals surface area contributed by atoms with Crippen LogP contribution in [-0.4, -0.2) is 52.7 Å². The van der Waals surface area contributed by atoms with Crippen molar-refractivity contribution >= 4 is 33.9 Å². The Hall–Kier alpha value is -3.31. The lowest BCUT2D eigenvalue weighted by Crippen LogP contribution is -2.26. The number of carbonyl (C=O) groups excluding carboxylic acids is 2. The summed E-state index contributed by atoms with van der Waals surface area (Å²) >= 11 is 0. The number of rotatable bonds is 6. The van der Waals surface area contributed by atoms with Crippen LogP contribution in [0.5, 0.6) is 0 Å². The van der Waals surface area contributed by atoms with Gasteiger partial charge in [-0.15, -0.1) is 0 Å². The zero-order valence-electron chi connectivity index (χ0n) is 15.9.